The predicted octanol–water partition coefficient (Wildman–Crippen LogP) is 0.391. The van der Waals surface area contributed by atoms with E-state index in [1.54, 1.807) is 18.5 Å². The van der Waals surface area contributed by atoms with Crippen molar-refractivity contribution in [2.24, 2.45) is 0 Å². The van der Waals surface area contributed by atoms with Crippen molar-refractivity contribution in [2.75, 3.05) is 20.2 Å². The zero-order valence-electron chi connectivity index (χ0n) is 11.0. The highest BCUT2D eigenvalue weighted by Crippen LogP contribution is 2.07. The molecule has 0 bridgehead atoms. The topological polar surface area (TPSA) is 81.0 Å². The van der Waals surface area contributed by atoms with Crippen LogP contribution in [0, 0.1) is 0 Å². The minimum Gasteiger partial charge on any atom is -0.468 e. The highest BCUT2D eigenvalue weighted by molar-refractivity contribution is 7.15. The average molecular weight is 295 g/mol. The smallest absolute Gasteiger partial charge is 0.325 e. The number of nitrogens with zero attached hydrogens (tertiary/aromatic N) is 3. The Balaban J connectivity index is 2.36. The number of hydrogen-bond donors (Lipinski definition) is 0. The van der Waals surface area contributed by atoms with Crippen molar-refractivity contribution in [3.05, 3.63) is 33.7 Å². The van der Waals surface area contributed by atoms with Gasteiger partial charge >= 0.3 is 5.97 Å². The van der Waals surface area contributed by atoms with E-state index in [1.807, 2.05) is 0 Å². The van der Waals surface area contributed by atoms with Gasteiger partial charge in [-0.25, -0.2) is 4.98 Å². The Morgan fingerprint density at radius 1 is 1.50 bits per heavy atom. The van der Waals surface area contributed by atoms with Crippen LogP contribution < -0.4 is 5.56 Å². The summed E-state index contributed by atoms with van der Waals surface area (Å²) >= 11 is 1.30. The second kappa shape index (κ2) is 5.83. The van der Waals surface area contributed by atoms with Crippen molar-refractivity contribution in [1.82, 2.24) is 14.3 Å². The van der Waals surface area contributed by atoms with Crippen LogP contribution in [-0.2, 0) is 9.53 Å². The monoisotopic (exact) mass is 295 g/mol. The van der Waals surface area contributed by atoms with Gasteiger partial charge in [0.05, 0.1) is 7.11 Å². The number of carbonyl (C=O) groups excluding carboxylic acids is 2. The summed E-state index contributed by atoms with van der Waals surface area (Å²) in [6.07, 6.45) is 2.80. The molecule has 0 aliphatic rings. The van der Waals surface area contributed by atoms with Crippen LogP contribution in [0.5, 0.6) is 0 Å². The van der Waals surface area contributed by atoms with Gasteiger partial charge in [-0.05, 0) is 6.92 Å². The first kappa shape index (κ1) is 14.2. The molecule has 0 aromatic carbocycles. The third kappa shape index (κ3) is 2.55. The van der Waals surface area contributed by atoms with Gasteiger partial charge in [-0.3, -0.25) is 18.8 Å². The van der Waals surface area contributed by atoms with Gasteiger partial charge in [0.15, 0.2) is 4.96 Å². The van der Waals surface area contributed by atoms with E-state index >= 15 is 0 Å². The van der Waals surface area contributed by atoms with Crippen molar-refractivity contribution >= 4 is 28.2 Å². The number of esters is 1. The Morgan fingerprint density at radius 3 is 2.90 bits per heavy atom. The number of amides is 1. The van der Waals surface area contributed by atoms with Crippen LogP contribution in [0.25, 0.3) is 4.96 Å². The maximum Gasteiger partial charge on any atom is 0.325 e. The van der Waals surface area contributed by atoms with Crippen LogP contribution in [0.15, 0.2) is 22.6 Å². The second-order valence-corrected chi connectivity index (χ2v) is 4.80. The van der Waals surface area contributed by atoms with Gasteiger partial charge in [0.25, 0.3) is 11.5 Å². The molecule has 0 unspecified atom stereocenters. The molecule has 0 atom stereocenters. The molecule has 0 spiro atoms. The summed E-state index contributed by atoms with van der Waals surface area (Å²) in [5, 5.41) is 1.71. The molecule has 2 rings (SSSR count). The highest BCUT2D eigenvalue weighted by Gasteiger charge is 2.21. The standard InChI is InChI=1S/C12H13N3O4S/c1-3-14(7-9(16)19-2)10(17)8-6-13-12-15(11(8)18)4-5-20-12/h4-6H,3,7H2,1-2H3. The molecule has 0 saturated heterocycles. The second-order valence-electron chi connectivity index (χ2n) is 3.93. The lowest BCUT2D eigenvalue weighted by molar-refractivity contribution is -0.141. The molecule has 2 aromatic rings. The predicted molar refractivity (Wildman–Crippen MR) is 72.9 cm³/mol. The molecule has 1 amide bonds. The van der Waals surface area contributed by atoms with E-state index in [0.717, 1.165) is 0 Å². The van der Waals surface area contributed by atoms with E-state index in [0.29, 0.717) is 11.5 Å². The van der Waals surface area contributed by atoms with Crippen LogP contribution in [0.1, 0.15) is 17.3 Å². The summed E-state index contributed by atoms with van der Waals surface area (Å²) in [5.41, 5.74) is -0.504. The first-order valence-electron chi connectivity index (χ1n) is 5.89. The van der Waals surface area contributed by atoms with Gasteiger partial charge in [-0.1, -0.05) is 0 Å². The molecule has 7 nitrogen and oxygen atoms in total. The number of methoxy groups -OCH3 is 1. The number of ether oxygens (including phenoxy) is 1. The number of likely N-dealkylation sites (N-methyl/N-ethyl adjacent to an activating group) is 1. The first-order chi connectivity index (χ1) is 9.58. The molecule has 0 radical (unpaired) electrons. The van der Waals surface area contributed by atoms with E-state index in [2.05, 4.69) is 9.72 Å². The molecule has 2 aromatic heterocycles. The van der Waals surface area contributed by atoms with E-state index < -0.39 is 17.4 Å². The molecule has 20 heavy (non-hydrogen) atoms. The fraction of sp³-hybridized carbons (Fsp3) is 0.333. The third-order valence-corrected chi connectivity index (χ3v) is 3.56. The lowest BCUT2D eigenvalue weighted by atomic mass is 10.3. The van der Waals surface area contributed by atoms with Crippen LogP contribution in [0.4, 0.5) is 0 Å². The van der Waals surface area contributed by atoms with Gasteiger partial charge in [-0.15, -0.1) is 11.3 Å². The van der Waals surface area contributed by atoms with E-state index in [-0.39, 0.29) is 12.1 Å². The van der Waals surface area contributed by atoms with Gasteiger partial charge in [0.1, 0.15) is 12.1 Å². The summed E-state index contributed by atoms with van der Waals surface area (Å²) in [7, 11) is 1.24. The summed E-state index contributed by atoms with van der Waals surface area (Å²) in [5.74, 6) is -1.07. The quantitative estimate of drug-likeness (QED) is 0.762. The summed E-state index contributed by atoms with van der Waals surface area (Å²) in [4.78, 5) is 41.5. The highest BCUT2D eigenvalue weighted by atomic mass is 32.1. The average Bonchev–Trinajstić information content (AvgIpc) is 2.93. The Bertz CT molecular complexity index is 706. The molecule has 8 heteroatoms. The normalized spacial score (nSPS) is 10.5. The minimum atomic E-state index is -0.537. The van der Waals surface area contributed by atoms with E-state index in [9.17, 15) is 14.4 Å². The summed E-state index contributed by atoms with van der Waals surface area (Å²) in [6.45, 7) is 1.81. The van der Waals surface area contributed by atoms with Crippen LogP contribution >= 0.6 is 11.3 Å². The molecule has 106 valence electrons. The first-order valence-corrected chi connectivity index (χ1v) is 6.77. The Kier molecular flexibility index (Phi) is 4.14. The van der Waals surface area contributed by atoms with E-state index in [4.69, 9.17) is 0 Å². The lowest BCUT2D eigenvalue weighted by Crippen LogP contribution is -2.39. The Morgan fingerprint density at radius 2 is 2.25 bits per heavy atom. The number of thiazole rings is 1. The van der Waals surface area contributed by atoms with Crippen LogP contribution in [0.3, 0.4) is 0 Å². The fourth-order valence-corrected chi connectivity index (χ4v) is 2.36. The third-order valence-electron chi connectivity index (χ3n) is 2.79. The summed E-state index contributed by atoms with van der Waals surface area (Å²) in [6, 6.07) is 0. The zero-order valence-corrected chi connectivity index (χ0v) is 11.8. The summed E-state index contributed by atoms with van der Waals surface area (Å²) < 4.78 is 5.84. The number of aromatic nitrogens is 2. The Labute approximate surface area is 118 Å². The molecule has 0 aliphatic heterocycles. The van der Waals surface area contributed by atoms with Crippen molar-refractivity contribution < 1.29 is 14.3 Å². The molecule has 0 aliphatic carbocycles. The molecule has 0 saturated carbocycles. The molecule has 0 fully saturated rings. The van der Waals surface area contributed by atoms with Crippen LogP contribution in [-0.4, -0.2) is 46.4 Å². The lowest BCUT2D eigenvalue weighted by Gasteiger charge is -2.18. The van der Waals surface area contributed by atoms with Gasteiger partial charge in [0.2, 0.25) is 0 Å². The number of fused-ring (bicyclic) bond motifs is 1. The zero-order chi connectivity index (χ0) is 14.7. The minimum absolute atomic E-state index is 0.0633. The van der Waals surface area contributed by atoms with Crippen molar-refractivity contribution in [2.45, 2.75) is 6.92 Å². The molecule has 0 N–H and O–H groups in total. The van der Waals surface area contributed by atoms with Gasteiger partial charge in [0, 0.05) is 24.3 Å². The molecular weight excluding hydrogens is 282 g/mol. The molecule has 2 heterocycles. The SMILES string of the molecule is CCN(CC(=O)OC)C(=O)c1cnc2sccn2c1=O. The number of hydrogen-bond acceptors (Lipinski definition) is 6. The number of carbonyl (C=O) groups is 2. The fourth-order valence-electron chi connectivity index (χ4n) is 1.69. The van der Waals surface area contributed by atoms with Crippen molar-refractivity contribution in [3.63, 3.8) is 0 Å². The number of rotatable bonds is 4. The largest absolute Gasteiger partial charge is 0.468 e. The maximum atomic E-state index is 12.3. The van der Waals surface area contributed by atoms with Gasteiger partial charge in [-0.2, -0.15) is 0 Å². The Hall–Kier alpha value is -2.22. The van der Waals surface area contributed by atoms with Gasteiger partial charge < -0.3 is 9.64 Å². The van der Waals surface area contributed by atoms with Crippen molar-refractivity contribution in [1.29, 1.82) is 0 Å². The maximum absolute atomic E-state index is 12.3. The van der Waals surface area contributed by atoms with E-state index in [1.165, 1.54) is 33.9 Å². The van der Waals surface area contributed by atoms with Crippen molar-refractivity contribution in [3.8, 4) is 0 Å². The van der Waals surface area contributed by atoms with Crippen LogP contribution in [0.2, 0.25) is 0 Å². The molecular formula is C12H13N3O4S.